The summed E-state index contributed by atoms with van der Waals surface area (Å²) >= 11 is 0. The number of unbranched alkanes of at least 4 members (excludes halogenated alkanes) is 1. The molecule has 0 aliphatic heterocycles. The van der Waals surface area contributed by atoms with E-state index in [0.29, 0.717) is 0 Å². The van der Waals surface area contributed by atoms with Crippen LogP contribution in [0.2, 0.25) is 0 Å². The molecule has 0 atom stereocenters. The third-order valence-electron chi connectivity index (χ3n) is 3.16. The standard InChI is InChI=1S/C16H24N2O6S/c1-3-4-12-23-16(20)18-24-15(19)6-5-11-17-25(21,22)14-9-7-13(2)8-10-14/h7-10,17H,3-6,11-12H2,1-2H3,(H,18,20). The summed E-state index contributed by atoms with van der Waals surface area (Å²) < 4.78 is 31.2. The lowest BCUT2D eigenvalue weighted by atomic mass is 10.2. The van der Waals surface area contributed by atoms with Gasteiger partial charge in [-0.2, -0.15) is 0 Å². The Labute approximate surface area is 147 Å². The van der Waals surface area contributed by atoms with Crippen molar-refractivity contribution in [3.8, 4) is 0 Å². The van der Waals surface area contributed by atoms with E-state index in [9.17, 15) is 18.0 Å². The molecule has 0 bridgehead atoms. The molecule has 0 heterocycles. The number of sulfonamides is 1. The second-order valence-corrected chi connectivity index (χ2v) is 7.15. The number of carbonyl (C=O) groups is 2. The molecule has 8 nitrogen and oxygen atoms in total. The molecule has 0 saturated carbocycles. The minimum atomic E-state index is -3.61. The highest BCUT2D eigenvalue weighted by molar-refractivity contribution is 7.89. The topological polar surface area (TPSA) is 111 Å². The van der Waals surface area contributed by atoms with Crippen LogP contribution in [0.4, 0.5) is 4.79 Å². The first-order valence-electron chi connectivity index (χ1n) is 8.04. The number of nitrogens with one attached hydrogen (secondary N) is 2. The van der Waals surface area contributed by atoms with E-state index in [4.69, 9.17) is 4.74 Å². The zero-order valence-electron chi connectivity index (χ0n) is 14.4. The Morgan fingerprint density at radius 1 is 1.12 bits per heavy atom. The number of ether oxygens (including phenoxy) is 1. The molecule has 140 valence electrons. The summed E-state index contributed by atoms with van der Waals surface area (Å²) in [6, 6.07) is 6.44. The van der Waals surface area contributed by atoms with Gasteiger partial charge in [-0.15, -0.1) is 5.48 Å². The normalized spacial score (nSPS) is 11.0. The van der Waals surface area contributed by atoms with Gasteiger partial charge < -0.3 is 9.57 Å². The van der Waals surface area contributed by atoms with Crippen LogP contribution in [0.1, 0.15) is 38.2 Å². The van der Waals surface area contributed by atoms with E-state index in [1.54, 1.807) is 12.1 Å². The summed E-state index contributed by atoms with van der Waals surface area (Å²) in [5.74, 6) is -0.679. The zero-order chi connectivity index (χ0) is 18.7. The molecule has 2 N–H and O–H groups in total. The predicted octanol–water partition coefficient (Wildman–Crippen LogP) is 2.04. The zero-order valence-corrected chi connectivity index (χ0v) is 15.2. The molecule has 0 saturated heterocycles. The molecule has 0 spiro atoms. The monoisotopic (exact) mass is 372 g/mol. The van der Waals surface area contributed by atoms with Crippen molar-refractivity contribution in [1.82, 2.24) is 10.2 Å². The van der Waals surface area contributed by atoms with Crippen LogP contribution >= 0.6 is 0 Å². The molecule has 0 radical (unpaired) electrons. The Balaban J connectivity index is 2.23. The largest absolute Gasteiger partial charge is 0.447 e. The smallest absolute Gasteiger partial charge is 0.440 e. The third-order valence-corrected chi connectivity index (χ3v) is 4.64. The maximum atomic E-state index is 12.0. The summed E-state index contributed by atoms with van der Waals surface area (Å²) in [6.45, 7) is 4.14. The van der Waals surface area contributed by atoms with Crippen molar-refractivity contribution in [2.45, 2.75) is 44.4 Å². The van der Waals surface area contributed by atoms with E-state index >= 15 is 0 Å². The SMILES string of the molecule is CCCCOC(=O)NOC(=O)CCCNS(=O)(=O)c1ccc(C)cc1. The molecular weight excluding hydrogens is 348 g/mol. The van der Waals surface area contributed by atoms with Gasteiger partial charge in [0.1, 0.15) is 0 Å². The van der Waals surface area contributed by atoms with Crippen molar-refractivity contribution >= 4 is 22.1 Å². The van der Waals surface area contributed by atoms with Crippen LogP contribution in [0, 0.1) is 6.92 Å². The second-order valence-electron chi connectivity index (χ2n) is 5.38. The Kier molecular flexibility index (Phi) is 8.93. The van der Waals surface area contributed by atoms with E-state index < -0.39 is 22.1 Å². The number of amides is 1. The number of hydrogen-bond donors (Lipinski definition) is 2. The minimum Gasteiger partial charge on any atom is -0.447 e. The van der Waals surface area contributed by atoms with Crippen LogP contribution in [0.25, 0.3) is 0 Å². The van der Waals surface area contributed by atoms with Gasteiger partial charge in [-0.25, -0.2) is 22.7 Å². The molecule has 1 amide bonds. The highest BCUT2D eigenvalue weighted by Gasteiger charge is 2.13. The van der Waals surface area contributed by atoms with Crippen LogP contribution in [0.5, 0.6) is 0 Å². The van der Waals surface area contributed by atoms with Crippen LogP contribution in [0.15, 0.2) is 29.2 Å². The number of aryl methyl sites for hydroxylation is 1. The number of rotatable bonds is 9. The first-order chi connectivity index (χ1) is 11.8. The van der Waals surface area contributed by atoms with Gasteiger partial charge in [0.05, 0.1) is 11.5 Å². The molecule has 1 rings (SSSR count). The minimum absolute atomic E-state index is 0.0499. The van der Waals surface area contributed by atoms with Gasteiger partial charge in [-0.05, 0) is 31.9 Å². The Morgan fingerprint density at radius 3 is 2.44 bits per heavy atom. The summed E-state index contributed by atoms with van der Waals surface area (Å²) in [6.07, 6.45) is 0.956. The predicted molar refractivity (Wildman–Crippen MR) is 91.1 cm³/mol. The Bertz CT molecular complexity index is 658. The molecular formula is C16H24N2O6S. The van der Waals surface area contributed by atoms with Crippen LogP contribution in [-0.4, -0.2) is 33.6 Å². The van der Waals surface area contributed by atoms with Gasteiger partial charge in [0, 0.05) is 13.0 Å². The number of carbonyl (C=O) groups excluding carboxylic acids is 2. The molecule has 0 aliphatic carbocycles. The Morgan fingerprint density at radius 2 is 1.80 bits per heavy atom. The quantitative estimate of drug-likeness (QED) is 0.507. The lowest BCUT2D eigenvalue weighted by Gasteiger charge is -2.08. The maximum Gasteiger partial charge on any atom is 0.440 e. The number of benzene rings is 1. The molecule has 25 heavy (non-hydrogen) atoms. The summed E-state index contributed by atoms with van der Waals surface area (Å²) in [7, 11) is -3.61. The highest BCUT2D eigenvalue weighted by atomic mass is 32.2. The fourth-order valence-corrected chi connectivity index (χ4v) is 2.80. The molecule has 0 unspecified atom stereocenters. The van der Waals surface area contributed by atoms with Crippen molar-refractivity contribution in [2.24, 2.45) is 0 Å². The van der Waals surface area contributed by atoms with Gasteiger partial charge in [0.15, 0.2) is 0 Å². The average Bonchev–Trinajstić information content (AvgIpc) is 2.57. The molecule has 9 heteroatoms. The van der Waals surface area contributed by atoms with E-state index in [2.05, 4.69) is 9.56 Å². The van der Waals surface area contributed by atoms with E-state index in [1.165, 1.54) is 12.1 Å². The summed E-state index contributed by atoms with van der Waals surface area (Å²) in [5, 5.41) is 0. The molecule has 0 aromatic heterocycles. The van der Waals surface area contributed by atoms with Crippen molar-refractivity contribution in [1.29, 1.82) is 0 Å². The molecule has 1 aromatic carbocycles. The Hall–Kier alpha value is -2.13. The molecule has 1 aromatic rings. The van der Waals surface area contributed by atoms with Crippen LogP contribution in [-0.2, 0) is 24.4 Å². The number of hydroxylamine groups is 1. The first-order valence-corrected chi connectivity index (χ1v) is 9.52. The van der Waals surface area contributed by atoms with Crippen molar-refractivity contribution in [2.75, 3.05) is 13.2 Å². The fourth-order valence-electron chi connectivity index (χ4n) is 1.73. The number of hydrogen-bond acceptors (Lipinski definition) is 6. The van der Waals surface area contributed by atoms with E-state index in [1.807, 2.05) is 19.3 Å². The van der Waals surface area contributed by atoms with Crippen molar-refractivity contribution < 1.29 is 27.6 Å². The average molecular weight is 372 g/mol. The highest BCUT2D eigenvalue weighted by Crippen LogP contribution is 2.09. The van der Waals surface area contributed by atoms with Crippen LogP contribution < -0.4 is 10.2 Å². The van der Waals surface area contributed by atoms with Gasteiger partial charge in [0.25, 0.3) is 0 Å². The van der Waals surface area contributed by atoms with E-state index in [-0.39, 0.29) is 30.9 Å². The van der Waals surface area contributed by atoms with Crippen molar-refractivity contribution in [3.05, 3.63) is 29.8 Å². The summed E-state index contributed by atoms with van der Waals surface area (Å²) in [4.78, 5) is 27.3. The van der Waals surface area contributed by atoms with E-state index in [0.717, 1.165) is 18.4 Å². The van der Waals surface area contributed by atoms with Crippen molar-refractivity contribution in [3.63, 3.8) is 0 Å². The lowest BCUT2D eigenvalue weighted by Crippen LogP contribution is -2.29. The van der Waals surface area contributed by atoms with Gasteiger partial charge in [0.2, 0.25) is 10.0 Å². The lowest BCUT2D eigenvalue weighted by molar-refractivity contribution is -0.149. The van der Waals surface area contributed by atoms with Gasteiger partial charge in [-0.1, -0.05) is 31.0 Å². The molecule has 0 fully saturated rings. The van der Waals surface area contributed by atoms with Crippen LogP contribution in [0.3, 0.4) is 0 Å². The maximum absolute atomic E-state index is 12.0. The van der Waals surface area contributed by atoms with Gasteiger partial charge >= 0.3 is 12.1 Å². The van der Waals surface area contributed by atoms with Gasteiger partial charge in [-0.3, -0.25) is 0 Å². The summed E-state index contributed by atoms with van der Waals surface area (Å²) in [5.41, 5.74) is 2.84. The third kappa shape index (κ3) is 8.50. The molecule has 0 aliphatic rings. The first kappa shape index (κ1) is 20.9. The second kappa shape index (κ2) is 10.7. The fraction of sp³-hybridized carbons (Fsp3) is 0.500.